The van der Waals surface area contributed by atoms with Gasteiger partial charge in [0.2, 0.25) is 0 Å². The Labute approximate surface area is 206 Å². The van der Waals surface area contributed by atoms with Crippen molar-refractivity contribution in [1.29, 1.82) is 0 Å². The van der Waals surface area contributed by atoms with Crippen LogP contribution in [-0.2, 0) is 12.8 Å². The molecule has 0 atom stereocenters. The summed E-state index contributed by atoms with van der Waals surface area (Å²) in [5.74, 6) is 0. The van der Waals surface area contributed by atoms with E-state index in [9.17, 15) is 0 Å². The minimum absolute atomic E-state index is 0. The monoisotopic (exact) mass is 446 g/mol. The first-order valence-electron chi connectivity index (χ1n) is 10.4. The number of rotatable bonds is 5. The summed E-state index contributed by atoms with van der Waals surface area (Å²) >= 11 is 0. The molecule has 2 aromatic carbocycles. The van der Waals surface area contributed by atoms with Crippen LogP contribution in [0.25, 0.3) is 11.1 Å². The zero-order valence-electron chi connectivity index (χ0n) is 18.8. The van der Waals surface area contributed by atoms with E-state index in [2.05, 4.69) is 69.2 Å². The lowest BCUT2D eigenvalue weighted by atomic mass is 9.78. The number of hydrogen-bond acceptors (Lipinski definition) is 0. The molecule has 0 saturated heterocycles. The third-order valence-electron chi connectivity index (χ3n) is 6.81. The molecule has 0 spiro atoms. The van der Waals surface area contributed by atoms with Gasteiger partial charge in [-0.3, -0.25) is 0 Å². The standard InChI is InChI=1S/C26H38.6CH4/c1-11-13-23-15(3)19(7)25(20(8)16(23)4)26-21(9)17(5)24(14-12-2)18(6)22(26)10;;;;;;/h11-14H2,1-10H3;6*1H4. The average Bonchev–Trinajstić information content (AvgIpc) is 2.62. The van der Waals surface area contributed by atoms with E-state index in [1.165, 1.54) is 81.3 Å². The smallest absolute Gasteiger partial charge is 0.0114 e. The number of benzene rings is 2. The largest absolute Gasteiger partial charge is 0.0776 e. The normalized spacial score (nSPS) is 9.19. The molecule has 0 aromatic heterocycles. The lowest BCUT2D eigenvalue weighted by Gasteiger charge is -2.26. The molecule has 0 fully saturated rings. The van der Waals surface area contributed by atoms with E-state index in [-0.39, 0.29) is 44.6 Å². The van der Waals surface area contributed by atoms with Crippen molar-refractivity contribution >= 4 is 0 Å². The summed E-state index contributed by atoms with van der Waals surface area (Å²) in [6.07, 6.45) is 4.79. The van der Waals surface area contributed by atoms with Gasteiger partial charge in [-0.25, -0.2) is 0 Å². The second-order valence-electron chi connectivity index (χ2n) is 8.21. The fourth-order valence-electron chi connectivity index (χ4n) is 4.78. The van der Waals surface area contributed by atoms with Gasteiger partial charge in [0, 0.05) is 0 Å². The van der Waals surface area contributed by atoms with Crippen molar-refractivity contribution in [2.45, 2.75) is 139 Å². The van der Waals surface area contributed by atoms with Crippen LogP contribution in [0, 0.1) is 55.4 Å². The Morgan fingerprint density at radius 2 is 0.531 bits per heavy atom. The maximum atomic E-state index is 2.33. The third kappa shape index (κ3) is 6.72. The highest BCUT2D eigenvalue weighted by Crippen LogP contribution is 2.41. The molecular formula is C32H62. The highest BCUT2D eigenvalue weighted by atomic mass is 14.3. The van der Waals surface area contributed by atoms with Crippen molar-refractivity contribution in [3.8, 4) is 11.1 Å². The van der Waals surface area contributed by atoms with Crippen LogP contribution in [0.2, 0.25) is 0 Å². The van der Waals surface area contributed by atoms with Crippen molar-refractivity contribution in [3.63, 3.8) is 0 Å². The maximum absolute atomic E-state index is 2.33. The summed E-state index contributed by atoms with van der Waals surface area (Å²) in [6.45, 7) is 23.2. The zero-order valence-corrected chi connectivity index (χ0v) is 18.8. The summed E-state index contributed by atoms with van der Waals surface area (Å²) in [5.41, 5.74) is 18.0. The van der Waals surface area contributed by atoms with Crippen molar-refractivity contribution < 1.29 is 0 Å². The summed E-state index contributed by atoms with van der Waals surface area (Å²) in [4.78, 5) is 0. The molecule has 2 rings (SSSR count). The molecule has 0 heteroatoms. The van der Waals surface area contributed by atoms with Crippen LogP contribution >= 0.6 is 0 Å². The molecule has 2 aromatic rings. The van der Waals surface area contributed by atoms with Crippen molar-refractivity contribution in [2.24, 2.45) is 0 Å². The summed E-state index contributed by atoms with van der Waals surface area (Å²) in [6, 6.07) is 0. The van der Waals surface area contributed by atoms with Crippen LogP contribution in [0.4, 0.5) is 0 Å². The third-order valence-corrected chi connectivity index (χ3v) is 6.81. The van der Waals surface area contributed by atoms with Gasteiger partial charge in [0.25, 0.3) is 0 Å². The van der Waals surface area contributed by atoms with Gasteiger partial charge in [-0.15, -0.1) is 0 Å². The molecular weight excluding hydrogens is 384 g/mol. The topological polar surface area (TPSA) is 0 Å². The van der Waals surface area contributed by atoms with Crippen LogP contribution in [0.1, 0.15) is 127 Å². The second-order valence-corrected chi connectivity index (χ2v) is 8.21. The minimum Gasteiger partial charge on any atom is -0.0776 e. The molecule has 0 aliphatic carbocycles. The van der Waals surface area contributed by atoms with E-state index >= 15 is 0 Å². The van der Waals surface area contributed by atoms with Crippen LogP contribution < -0.4 is 0 Å². The fraction of sp³-hybridized carbons (Fsp3) is 0.625. The molecule has 0 aliphatic rings. The Bertz CT molecular complexity index is 705. The van der Waals surface area contributed by atoms with Crippen LogP contribution in [-0.4, -0.2) is 0 Å². The van der Waals surface area contributed by atoms with Gasteiger partial charge < -0.3 is 0 Å². The van der Waals surface area contributed by atoms with E-state index in [1.807, 2.05) is 0 Å². The van der Waals surface area contributed by atoms with Crippen molar-refractivity contribution in [3.05, 3.63) is 55.6 Å². The first kappa shape index (κ1) is 40.8. The number of hydrogen-bond donors (Lipinski definition) is 0. The van der Waals surface area contributed by atoms with Gasteiger partial charge in [0.15, 0.2) is 0 Å². The zero-order chi connectivity index (χ0) is 19.8. The lowest BCUT2D eigenvalue weighted by Crippen LogP contribution is -2.07. The van der Waals surface area contributed by atoms with Crippen LogP contribution in [0.15, 0.2) is 0 Å². The van der Waals surface area contributed by atoms with Gasteiger partial charge in [0.05, 0.1) is 0 Å². The molecule has 0 bridgehead atoms. The SMILES string of the molecule is C.C.C.C.C.C.CCCc1c(C)c(C)c(-c2c(C)c(C)c(CCC)c(C)c2C)c(C)c1C. The molecule has 0 saturated carbocycles. The molecule has 0 unspecified atom stereocenters. The Morgan fingerprint density at radius 1 is 0.344 bits per heavy atom. The first-order chi connectivity index (χ1) is 12.2. The highest BCUT2D eigenvalue weighted by Gasteiger charge is 2.21. The predicted octanol–water partition coefficient (Wildman–Crippen LogP) is 11.5. The van der Waals surface area contributed by atoms with Gasteiger partial charge in [-0.05, 0) is 135 Å². The molecule has 0 amide bonds. The fourth-order valence-corrected chi connectivity index (χ4v) is 4.78. The van der Waals surface area contributed by atoms with E-state index in [0.29, 0.717) is 0 Å². The second kappa shape index (κ2) is 16.1. The minimum atomic E-state index is 0. The summed E-state index contributed by atoms with van der Waals surface area (Å²) < 4.78 is 0. The highest BCUT2D eigenvalue weighted by molar-refractivity contribution is 5.81. The molecule has 32 heavy (non-hydrogen) atoms. The maximum Gasteiger partial charge on any atom is -0.0114 e. The quantitative estimate of drug-likeness (QED) is 0.428. The van der Waals surface area contributed by atoms with Gasteiger partial charge in [0.1, 0.15) is 0 Å². The Kier molecular flexibility index (Phi) is 20.5. The van der Waals surface area contributed by atoms with Crippen LogP contribution in [0.3, 0.4) is 0 Å². The van der Waals surface area contributed by atoms with Crippen molar-refractivity contribution in [1.82, 2.24) is 0 Å². The summed E-state index contributed by atoms with van der Waals surface area (Å²) in [5, 5.41) is 0. The Morgan fingerprint density at radius 3 is 0.688 bits per heavy atom. The van der Waals surface area contributed by atoms with Crippen LogP contribution in [0.5, 0.6) is 0 Å². The predicted molar refractivity (Wildman–Crippen MR) is 158 cm³/mol. The van der Waals surface area contributed by atoms with Gasteiger partial charge >= 0.3 is 0 Å². The molecule has 190 valence electrons. The van der Waals surface area contributed by atoms with Gasteiger partial charge in [-0.2, -0.15) is 0 Å². The van der Waals surface area contributed by atoms with E-state index in [0.717, 1.165) is 0 Å². The molecule has 0 N–H and O–H groups in total. The average molecular weight is 447 g/mol. The van der Waals surface area contributed by atoms with E-state index in [4.69, 9.17) is 0 Å². The Hall–Kier alpha value is -1.56. The molecule has 0 radical (unpaired) electrons. The van der Waals surface area contributed by atoms with E-state index < -0.39 is 0 Å². The first-order valence-corrected chi connectivity index (χ1v) is 10.4. The van der Waals surface area contributed by atoms with E-state index in [1.54, 1.807) is 11.1 Å². The molecule has 0 aliphatic heterocycles. The molecule has 0 nitrogen and oxygen atoms in total. The lowest BCUT2D eigenvalue weighted by molar-refractivity contribution is 0.894. The Balaban J connectivity index is -0.000000405. The molecule has 0 heterocycles. The van der Waals surface area contributed by atoms with Crippen molar-refractivity contribution in [2.75, 3.05) is 0 Å². The summed E-state index contributed by atoms with van der Waals surface area (Å²) in [7, 11) is 0. The van der Waals surface area contributed by atoms with Gasteiger partial charge in [-0.1, -0.05) is 71.2 Å².